The number of rotatable bonds is 3. The molecule has 0 bridgehead atoms. The minimum Gasteiger partial charge on any atom is -0.490 e. The summed E-state index contributed by atoms with van der Waals surface area (Å²) in [5.74, 6) is -0.0305. The van der Waals surface area contributed by atoms with Crippen molar-refractivity contribution in [1.82, 2.24) is 0 Å². The highest BCUT2D eigenvalue weighted by Crippen LogP contribution is 2.37. The maximum atomic E-state index is 11.8. The summed E-state index contributed by atoms with van der Waals surface area (Å²) in [7, 11) is 1.39. The van der Waals surface area contributed by atoms with Gasteiger partial charge in [0, 0.05) is 12.6 Å². The van der Waals surface area contributed by atoms with Crippen LogP contribution in [0.15, 0.2) is 24.8 Å². The first-order chi connectivity index (χ1) is 9.08. The van der Waals surface area contributed by atoms with Crippen molar-refractivity contribution < 1.29 is 14.5 Å². The highest BCUT2D eigenvalue weighted by atomic mass is 16.6. The maximum Gasteiger partial charge on any atom is 0.313 e. The molecule has 1 aromatic carbocycles. The molecule has 1 aliphatic heterocycles. The second-order valence-electron chi connectivity index (χ2n) is 4.21. The molecule has 1 aliphatic rings. The minimum atomic E-state index is -0.510. The van der Waals surface area contributed by atoms with Crippen LogP contribution in [0.2, 0.25) is 0 Å². The molecule has 1 aromatic rings. The summed E-state index contributed by atoms with van der Waals surface area (Å²) >= 11 is 0. The van der Waals surface area contributed by atoms with E-state index in [1.807, 2.05) is 0 Å². The van der Waals surface area contributed by atoms with Gasteiger partial charge in [0.2, 0.25) is 5.91 Å². The van der Waals surface area contributed by atoms with Gasteiger partial charge in [-0.3, -0.25) is 14.9 Å². The summed E-state index contributed by atoms with van der Waals surface area (Å²) in [5, 5.41) is 11.0. The Balaban J connectivity index is 2.57. The number of fused-ring (bicyclic) bond motifs is 1. The van der Waals surface area contributed by atoms with Gasteiger partial charge in [-0.25, -0.2) is 0 Å². The summed E-state index contributed by atoms with van der Waals surface area (Å²) < 4.78 is 5.03. The number of hydrogen-bond acceptors (Lipinski definition) is 4. The molecular formula is C13H14N2O4. The Morgan fingerprint density at radius 3 is 2.89 bits per heavy atom. The predicted molar refractivity (Wildman–Crippen MR) is 70.5 cm³/mol. The predicted octanol–water partition coefficient (Wildman–Crippen LogP) is 2.07. The quantitative estimate of drug-likeness (QED) is 0.475. The largest absolute Gasteiger partial charge is 0.490 e. The molecule has 0 saturated carbocycles. The minimum absolute atomic E-state index is 0.134. The van der Waals surface area contributed by atoms with Gasteiger partial charge in [-0.15, -0.1) is 0 Å². The van der Waals surface area contributed by atoms with Crippen molar-refractivity contribution in [2.24, 2.45) is 0 Å². The smallest absolute Gasteiger partial charge is 0.313 e. The molecule has 0 radical (unpaired) electrons. The molecule has 0 unspecified atom stereocenters. The highest BCUT2D eigenvalue weighted by Gasteiger charge is 2.26. The van der Waals surface area contributed by atoms with Crippen LogP contribution >= 0.6 is 0 Å². The number of carbonyl (C=O) groups is 1. The number of nitro groups is 1. The van der Waals surface area contributed by atoms with Gasteiger partial charge in [0.05, 0.1) is 17.7 Å². The second kappa shape index (κ2) is 5.09. The number of nitrogens with zero attached hydrogens (tertiary/aromatic N) is 2. The van der Waals surface area contributed by atoms with E-state index in [9.17, 15) is 14.9 Å². The monoisotopic (exact) mass is 262 g/mol. The van der Waals surface area contributed by atoms with Crippen LogP contribution in [0.4, 0.5) is 11.4 Å². The van der Waals surface area contributed by atoms with Crippen LogP contribution in [-0.4, -0.2) is 24.5 Å². The molecule has 19 heavy (non-hydrogen) atoms. The van der Waals surface area contributed by atoms with E-state index < -0.39 is 4.92 Å². The number of anilines is 1. The molecular weight excluding hydrogens is 248 g/mol. The maximum absolute atomic E-state index is 11.8. The van der Waals surface area contributed by atoms with E-state index in [-0.39, 0.29) is 17.3 Å². The first-order valence-corrected chi connectivity index (χ1v) is 5.87. The Morgan fingerprint density at radius 2 is 2.32 bits per heavy atom. The molecule has 2 rings (SSSR count). The number of aryl methyl sites for hydroxylation is 1. The fraction of sp³-hybridized carbons (Fsp3) is 0.308. The number of benzene rings is 1. The van der Waals surface area contributed by atoms with E-state index in [0.29, 0.717) is 12.2 Å². The van der Waals surface area contributed by atoms with Crippen molar-refractivity contribution in [2.75, 3.05) is 18.6 Å². The van der Waals surface area contributed by atoms with Crippen molar-refractivity contribution >= 4 is 17.3 Å². The van der Waals surface area contributed by atoms with Crippen molar-refractivity contribution in [3.8, 4) is 5.75 Å². The molecule has 0 aliphatic carbocycles. The number of ether oxygens (including phenoxy) is 1. The molecule has 0 saturated heterocycles. The third-order valence-corrected chi connectivity index (χ3v) is 3.14. The lowest BCUT2D eigenvalue weighted by Gasteiger charge is -2.28. The first-order valence-electron chi connectivity index (χ1n) is 5.87. The summed E-state index contributed by atoms with van der Waals surface area (Å²) in [5.41, 5.74) is 1.32. The van der Waals surface area contributed by atoms with Gasteiger partial charge in [0.15, 0.2) is 5.75 Å². The lowest BCUT2D eigenvalue weighted by atomic mass is 10.0. The van der Waals surface area contributed by atoms with Gasteiger partial charge < -0.3 is 9.64 Å². The summed E-state index contributed by atoms with van der Waals surface area (Å²) in [6.07, 6.45) is 2.79. The topological polar surface area (TPSA) is 72.7 Å². The molecule has 0 N–H and O–H groups in total. The van der Waals surface area contributed by atoms with Crippen LogP contribution in [0.25, 0.3) is 0 Å². The third-order valence-electron chi connectivity index (χ3n) is 3.14. The highest BCUT2D eigenvalue weighted by molar-refractivity contribution is 6.02. The zero-order valence-corrected chi connectivity index (χ0v) is 10.6. The lowest BCUT2D eigenvalue weighted by molar-refractivity contribution is -0.385. The Hall–Kier alpha value is -2.37. The lowest BCUT2D eigenvalue weighted by Crippen LogP contribution is -2.34. The van der Waals surface area contributed by atoms with Crippen molar-refractivity contribution in [3.63, 3.8) is 0 Å². The second-order valence-corrected chi connectivity index (χ2v) is 4.21. The Kier molecular flexibility index (Phi) is 3.50. The van der Waals surface area contributed by atoms with Gasteiger partial charge >= 0.3 is 5.69 Å². The SMILES string of the molecule is C=CC(=O)N1CCCc2cc(OC)c([N+](=O)[O-])cc21. The third kappa shape index (κ3) is 2.29. The van der Waals surface area contributed by atoms with Crippen LogP contribution < -0.4 is 9.64 Å². The molecule has 100 valence electrons. The van der Waals surface area contributed by atoms with E-state index in [1.54, 1.807) is 6.07 Å². The van der Waals surface area contributed by atoms with Crippen LogP contribution in [0.5, 0.6) is 5.75 Å². The van der Waals surface area contributed by atoms with Crippen LogP contribution in [0.3, 0.4) is 0 Å². The Labute approximate surface area is 110 Å². The number of carbonyl (C=O) groups excluding carboxylic acids is 1. The van der Waals surface area contributed by atoms with Crippen LogP contribution in [0, 0.1) is 10.1 Å². The number of hydrogen-bond donors (Lipinski definition) is 0. The molecule has 0 spiro atoms. The van der Waals surface area contributed by atoms with E-state index in [0.717, 1.165) is 18.4 Å². The Morgan fingerprint density at radius 1 is 1.58 bits per heavy atom. The van der Waals surface area contributed by atoms with Gasteiger partial charge in [-0.2, -0.15) is 0 Å². The Bertz CT molecular complexity index is 554. The average molecular weight is 262 g/mol. The molecule has 1 amide bonds. The van der Waals surface area contributed by atoms with Gasteiger partial charge in [-0.1, -0.05) is 6.58 Å². The average Bonchev–Trinajstić information content (AvgIpc) is 2.44. The van der Waals surface area contributed by atoms with Crippen LogP contribution in [0.1, 0.15) is 12.0 Å². The van der Waals surface area contributed by atoms with Crippen molar-refractivity contribution in [2.45, 2.75) is 12.8 Å². The van der Waals surface area contributed by atoms with Crippen molar-refractivity contribution in [1.29, 1.82) is 0 Å². The molecule has 0 atom stereocenters. The number of amides is 1. The summed E-state index contributed by atoms with van der Waals surface area (Å²) in [4.78, 5) is 23.8. The zero-order chi connectivity index (χ0) is 14.0. The fourth-order valence-electron chi connectivity index (χ4n) is 2.24. The first kappa shape index (κ1) is 13.1. The van der Waals surface area contributed by atoms with E-state index >= 15 is 0 Å². The number of nitro benzene ring substituents is 1. The molecule has 6 heteroatoms. The molecule has 0 aromatic heterocycles. The van der Waals surface area contributed by atoms with Gasteiger partial charge in [0.1, 0.15) is 0 Å². The standard InChI is InChI=1S/C13H14N2O4/c1-3-13(16)14-6-4-5-9-7-12(19-2)11(15(17)18)8-10(9)14/h3,7-8H,1,4-6H2,2H3. The van der Waals surface area contributed by atoms with Crippen molar-refractivity contribution in [3.05, 3.63) is 40.5 Å². The van der Waals surface area contributed by atoms with E-state index in [2.05, 4.69) is 6.58 Å². The fourth-order valence-corrected chi connectivity index (χ4v) is 2.24. The van der Waals surface area contributed by atoms with E-state index in [1.165, 1.54) is 24.2 Å². The summed E-state index contributed by atoms with van der Waals surface area (Å²) in [6, 6.07) is 3.03. The zero-order valence-electron chi connectivity index (χ0n) is 10.6. The normalized spacial score (nSPS) is 13.6. The number of methoxy groups -OCH3 is 1. The van der Waals surface area contributed by atoms with Gasteiger partial charge in [0.25, 0.3) is 0 Å². The molecule has 1 heterocycles. The molecule has 0 fully saturated rings. The van der Waals surface area contributed by atoms with Crippen LogP contribution in [-0.2, 0) is 11.2 Å². The molecule has 6 nitrogen and oxygen atoms in total. The summed E-state index contributed by atoms with van der Waals surface area (Å²) in [6.45, 7) is 3.99. The van der Waals surface area contributed by atoms with E-state index in [4.69, 9.17) is 4.74 Å². The van der Waals surface area contributed by atoms with Gasteiger partial charge in [-0.05, 0) is 30.5 Å².